The maximum absolute atomic E-state index is 11.8. The van der Waals surface area contributed by atoms with Crippen LogP contribution in [-0.2, 0) is 6.42 Å². The molecule has 0 aliphatic rings. The molecule has 1 N–H and O–H groups in total. The Morgan fingerprint density at radius 2 is 2.19 bits per heavy atom. The van der Waals surface area contributed by atoms with Gasteiger partial charge in [-0.2, -0.15) is 0 Å². The molecule has 2 heterocycles. The van der Waals surface area contributed by atoms with Crippen molar-refractivity contribution in [2.75, 3.05) is 5.32 Å². The summed E-state index contributed by atoms with van der Waals surface area (Å²) in [5.74, 6) is -0.114. The van der Waals surface area contributed by atoms with Crippen molar-refractivity contribution in [2.45, 2.75) is 20.3 Å². The van der Waals surface area contributed by atoms with Gasteiger partial charge in [-0.3, -0.25) is 10.1 Å². The van der Waals surface area contributed by atoms with Crippen LogP contribution in [0.3, 0.4) is 0 Å². The van der Waals surface area contributed by atoms with Gasteiger partial charge in [0.25, 0.3) is 5.91 Å². The molecule has 2 aromatic rings. The van der Waals surface area contributed by atoms with Crippen LogP contribution >= 0.6 is 22.7 Å². The van der Waals surface area contributed by atoms with E-state index in [9.17, 15) is 4.79 Å². The lowest BCUT2D eigenvalue weighted by Crippen LogP contribution is -2.09. The smallest absolute Gasteiger partial charge is 0.267 e. The molecule has 2 aromatic heterocycles. The van der Waals surface area contributed by atoms with Crippen molar-refractivity contribution in [3.05, 3.63) is 26.9 Å². The van der Waals surface area contributed by atoms with E-state index in [1.165, 1.54) is 22.7 Å². The summed E-state index contributed by atoms with van der Waals surface area (Å²) in [4.78, 5) is 13.6. The Bertz CT molecular complexity index is 504. The number of aromatic nitrogens is 2. The number of aryl methyl sites for hydroxylation is 2. The molecule has 0 aliphatic carbocycles. The predicted molar refractivity (Wildman–Crippen MR) is 66.3 cm³/mol. The zero-order valence-electron chi connectivity index (χ0n) is 8.98. The Labute approximate surface area is 101 Å². The molecule has 0 aliphatic heterocycles. The van der Waals surface area contributed by atoms with E-state index in [1.54, 1.807) is 0 Å². The van der Waals surface area contributed by atoms with Crippen molar-refractivity contribution in [3.8, 4) is 0 Å². The molecule has 0 saturated heterocycles. The largest absolute Gasteiger partial charge is 0.296 e. The number of anilines is 1. The van der Waals surface area contributed by atoms with Gasteiger partial charge in [0.15, 0.2) is 0 Å². The fraction of sp³-hybridized carbons (Fsp3) is 0.300. The van der Waals surface area contributed by atoms with Crippen LogP contribution in [0, 0.1) is 6.92 Å². The second-order valence-corrected chi connectivity index (χ2v) is 5.57. The Morgan fingerprint density at radius 1 is 1.38 bits per heavy atom. The maximum Gasteiger partial charge on any atom is 0.267 e. The monoisotopic (exact) mass is 253 g/mol. The summed E-state index contributed by atoms with van der Waals surface area (Å²) < 4.78 is 0. The molecular formula is C10H11N3OS2. The van der Waals surface area contributed by atoms with Crippen LogP contribution in [0.1, 0.15) is 26.5 Å². The first-order chi connectivity index (χ1) is 7.69. The van der Waals surface area contributed by atoms with Gasteiger partial charge in [0.2, 0.25) is 5.13 Å². The average molecular weight is 253 g/mol. The molecule has 4 nitrogen and oxygen atoms in total. The highest BCUT2D eigenvalue weighted by Crippen LogP contribution is 2.19. The summed E-state index contributed by atoms with van der Waals surface area (Å²) in [5.41, 5.74) is 0. The normalized spacial score (nSPS) is 10.4. The Kier molecular flexibility index (Phi) is 3.31. The Balaban J connectivity index is 2.07. The summed E-state index contributed by atoms with van der Waals surface area (Å²) in [6.07, 6.45) is 0.839. The SMILES string of the molecule is CCc1nnc(NC(=O)c2ccc(C)s2)s1. The van der Waals surface area contributed by atoms with E-state index in [0.29, 0.717) is 10.0 Å². The summed E-state index contributed by atoms with van der Waals surface area (Å²) in [7, 11) is 0. The number of amides is 1. The van der Waals surface area contributed by atoms with Crippen LogP contribution in [0.4, 0.5) is 5.13 Å². The number of nitrogens with zero attached hydrogens (tertiary/aromatic N) is 2. The van der Waals surface area contributed by atoms with Crippen LogP contribution in [-0.4, -0.2) is 16.1 Å². The van der Waals surface area contributed by atoms with Gasteiger partial charge >= 0.3 is 0 Å². The fourth-order valence-corrected chi connectivity index (χ4v) is 2.60. The minimum atomic E-state index is -0.114. The minimum absolute atomic E-state index is 0.114. The molecule has 0 unspecified atom stereocenters. The van der Waals surface area contributed by atoms with E-state index in [-0.39, 0.29) is 5.91 Å². The van der Waals surface area contributed by atoms with E-state index in [2.05, 4.69) is 15.5 Å². The van der Waals surface area contributed by atoms with E-state index in [4.69, 9.17) is 0 Å². The molecular weight excluding hydrogens is 242 g/mol. The molecule has 16 heavy (non-hydrogen) atoms. The minimum Gasteiger partial charge on any atom is -0.296 e. The third-order valence-corrected chi connectivity index (χ3v) is 3.94. The van der Waals surface area contributed by atoms with E-state index in [1.807, 2.05) is 26.0 Å². The summed E-state index contributed by atoms with van der Waals surface area (Å²) in [6.45, 7) is 3.98. The molecule has 0 radical (unpaired) electrons. The summed E-state index contributed by atoms with van der Waals surface area (Å²) in [6, 6.07) is 3.74. The fourth-order valence-electron chi connectivity index (χ4n) is 1.16. The van der Waals surface area contributed by atoms with Gasteiger partial charge in [-0.05, 0) is 25.5 Å². The lowest BCUT2D eigenvalue weighted by Gasteiger charge is -1.96. The number of rotatable bonds is 3. The molecule has 0 bridgehead atoms. The number of carbonyl (C=O) groups is 1. The van der Waals surface area contributed by atoms with Gasteiger partial charge in [-0.1, -0.05) is 18.3 Å². The number of hydrogen-bond acceptors (Lipinski definition) is 5. The van der Waals surface area contributed by atoms with E-state index >= 15 is 0 Å². The van der Waals surface area contributed by atoms with Crippen molar-refractivity contribution in [2.24, 2.45) is 0 Å². The topological polar surface area (TPSA) is 54.9 Å². The van der Waals surface area contributed by atoms with E-state index < -0.39 is 0 Å². The second kappa shape index (κ2) is 4.71. The second-order valence-electron chi connectivity index (χ2n) is 3.22. The van der Waals surface area contributed by atoms with Gasteiger partial charge in [0, 0.05) is 4.88 Å². The molecule has 0 spiro atoms. The number of carbonyl (C=O) groups excluding carboxylic acids is 1. The first-order valence-corrected chi connectivity index (χ1v) is 6.52. The van der Waals surface area contributed by atoms with Gasteiger partial charge in [-0.15, -0.1) is 21.5 Å². The lowest BCUT2D eigenvalue weighted by molar-refractivity contribution is 0.103. The van der Waals surface area contributed by atoms with Crippen molar-refractivity contribution in [1.29, 1.82) is 0 Å². The van der Waals surface area contributed by atoms with Crippen LogP contribution in [0.15, 0.2) is 12.1 Å². The molecule has 84 valence electrons. The molecule has 1 amide bonds. The van der Waals surface area contributed by atoms with Gasteiger partial charge in [-0.25, -0.2) is 0 Å². The first-order valence-electron chi connectivity index (χ1n) is 4.89. The molecule has 0 saturated carbocycles. The highest BCUT2D eigenvalue weighted by atomic mass is 32.1. The highest BCUT2D eigenvalue weighted by molar-refractivity contribution is 7.16. The Hall–Kier alpha value is -1.27. The quantitative estimate of drug-likeness (QED) is 0.915. The molecule has 0 aromatic carbocycles. The summed E-state index contributed by atoms with van der Waals surface area (Å²) >= 11 is 2.89. The maximum atomic E-state index is 11.8. The standard InChI is InChI=1S/C10H11N3OS2/c1-3-8-12-13-10(16-8)11-9(14)7-5-4-6(2)15-7/h4-5H,3H2,1-2H3,(H,11,13,14). The Morgan fingerprint density at radius 3 is 2.75 bits per heavy atom. The molecule has 6 heteroatoms. The number of nitrogens with one attached hydrogen (secondary N) is 1. The zero-order valence-corrected chi connectivity index (χ0v) is 10.6. The number of thiophene rings is 1. The van der Waals surface area contributed by atoms with Crippen LogP contribution in [0.25, 0.3) is 0 Å². The van der Waals surface area contributed by atoms with E-state index in [0.717, 1.165) is 16.3 Å². The van der Waals surface area contributed by atoms with Crippen molar-refractivity contribution in [1.82, 2.24) is 10.2 Å². The van der Waals surface area contributed by atoms with Crippen LogP contribution in [0.2, 0.25) is 0 Å². The zero-order chi connectivity index (χ0) is 11.5. The van der Waals surface area contributed by atoms with Crippen molar-refractivity contribution >= 4 is 33.7 Å². The van der Waals surface area contributed by atoms with Gasteiger partial charge < -0.3 is 0 Å². The lowest BCUT2D eigenvalue weighted by atomic mass is 10.4. The van der Waals surface area contributed by atoms with Crippen LogP contribution < -0.4 is 5.32 Å². The highest BCUT2D eigenvalue weighted by Gasteiger charge is 2.10. The molecule has 0 atom stereocenters. The predicted octanol–water partition coefficient (Wildman–Crippen LogP) is 2.72. The summed E-state index contributed by atoms with van der Waals surface area (Å²) in [5, 5.41) is 12.1. The molecule has 0 fully saturated rings. The van der Waals surface area contributed by atoms with Crippen LogP contribution in [0.5, 0.6) is 0 Å². The molecule has 2 rings (SSSR count). The third kappa shape index (κ3) is 2.45. The van der Waals surface area contributed by atoms with Gasteiger partial charge in [0.05, 0.1) is 4.88 Å². The van der Waals surface area contributed by atoms with Crippen molar-refractivity contribution < 1.29 is 4.79 Å². The first kappa shape index (κ1) is 11.2. The third-order valence-electron chi connectivity index (χ3n) is 1.95. The number of hydrogen-bond donors (Lipinski definition) is 1. The average Bonchev–Trinajstić information content (AvgIpc) is 2.87. The van der Waals surface area contributed by atoms with Crippen molar-refractivity contribution in [3.63, 3.8) is 0 Å². The van der Waals surface area contributed by atoms with Gasteiger partial charge in [0.1, 0.15) is 5.01 Å².